The van der Waals surface area contributed by atoms with Crippen molar-refractivity contribution in [1.82, 2.24) is 15.6 Å². The van der Waals surface area contributed by atoms with E-state index in [2.05, 4.69) is 15.6 Å². The van der Waals surface area contributed by atoms with E-state index in [0.717, 1.165) is 18.1 Å². The summed E-state index contributed by atoms with van der Waals surface area (Å²) < 4.78 is 0. The predicted octanol–water partition coefficient (Wildman–Crippen LogP) is 1.47. The van der Waals surface area contributed by atoms with Gasteiger partial charge in [0.15, 0.2) is 5.11 Å². The number of thiazole rings is 1. The minimum Gasteiger partial charge on any atom is -0.366 e. The van der Waals surface area contributed by atoms with Crippen LogP contribution in [0, 0.1) is 0 Å². The van der Waals surface area contributed by atoms with Gasteiger partial charge in [-0.15, -0.1) is 11.3 Å². The molecule has 1 aromatic heterocycles. The van der Waals surface area contributed by atoms with E-state index in [4.69, 9.17) is 12.2 Å². The van der Waals surface area contributed by atoms with Crippen molar-refractivity contribution in [1.29, 1.82) is 0 Å². The topological polar surface area (TPSA) is 37.0 Å². The van der Waals surface area contributed by atoms with E-state index >= 15 is 0 Å². The van der Waals surface area contributed by atoms with Crippen LogP contribution < -0.4 is 10.6 Å². The molecule has 0 aliphatic carbocycles. The average Bonchev–Trinajstić information content (AvgIpc) is 2.69. The predicted molar refractivity (Wildman–Crippen MR) is 67.9 cm³/mol. The minimum absolute atomic E-state index is 0.711. The summed E-state index contributed by atoms with van der Waals surface area (Å²) in [5.41, 5.74) is 1.87. The van der Waals surface area contributed by atoms with Crippen LogP contribution in [0.2, 0.25) is 0 Å². The third kappa shape index (κ3) is 4.78. The van der Waals surface area contributed by atoms with Crippen LogP contribution in [-0.4, -0.2) is 29.4 Å². The Morgan fingerprint density at radius 3 is 3.21 bits per heavy atom. The molecular weight excluding hydrogens is 234 g/mol. The largest absolute Gasteiger partial charge is 0.366 e. The lowest BCUT2D eigenvalue weighted by molar-refractivity contribution is 0.943. The summed E-state index contributed by atoms with van der Waals surface area (Å²) in [7, 11) is 1.82. The van der Waals surface area contributed by atoms with Gasteiger partial charge < -0.3 is 10.6 Å². The fraction of sp³-hybridized carbons (Fsp3) is 0.500. The molecule has 78 valence electrons. The molecule has 0 saturated heterocycles. The number of hydrogen-bond acceptors (Lipinski definition) is 4. The highest BCUT2D eigenvalue weighted by molar-refractivity contribution is 7.98. The van der Waals surface area contributed by atoms with Crippen LogP contribution in [0.4, 0.5) is 0 Å². The lowest BCUT2D eigenvalue weighted by atomic mass is 10.6. The first-order valence-electron chi connectivity index (χ1n) is 4.23. The molecule has 0 unspecified atom stereocenters. The van der Waals surface area contributed by atoms with Crippen LogP contribution in [0.5, 0.6) is 0 Å². The molecule has 0 aliphatic heterocycles. The van der Waals surface area contributed by atoms with Gasteiger partial charge in [-0.25, -0.2) is 0 Å². The number of hydrogen-bond donors (Lipinski definition) is 2. The van der Waals surface area contributed by atoms with Crippen LogP contribution in [0.25, 0.3) is 0 Å². The van der Waals surface area contributed by atoms with E-state index in [1.54, 1.807) is 11.3 Å². The molecule has 0 atom stereocenters. The summed E-state index contributed by atoms with van der Waals surface area (Å²) in [6, 6.07) is 0. The van der Waals surface area contributed by atoms with Gasteiger partial charge in [0.1, 0.15) is 0 Å². The molecule has 0 spiro atoms. The minimum atomic E-state index is 0.711. The molecule has 0 aromatic carbocycles. The first-order valence-corrected chi connectivity index (χ1v) is 6.68. The Morgan fingerprint density at radius 2 is 2.57 bits per heavy atom. The summed E-state index contributed by atoms with van der Waals surface area (Å²) in [5.74, 6) is 2.10. The first kappa shape index (κ1) is 11.7. The SMILES string of the molecule is CNC(=S)NCCSCc1cncs1. The Kier molecular flexibility index (Phi) is 5.89. The highest BCUT2D eigenvalue weighted by atomic mass is 32.2. The second kappa shape index (κ2) is 7.03. The number of aromatic nitrogens is 1. The molecule has 3 nitrogen and oxygen atoms in total. The second-order valence-corrected chi connectivity index (χ2v) is 5.01. The van der Waals surface area contributed by atoms with Gasteiger partial charge in [-0.1, -0.05) is 0 Å². The van der Waals surface area contributed by atoms with Crippen molar-refractivity contribution >= 4 is 40.4 Å². The van der Waals surface area contributed by atoms with E-state index in [-0.39, 0.29) is 0 Å². The van der Waals surface area contributed by atoms with Gasteiger partial charge in [0.2, 0.25) is 0 Å². The van der Waals surface area contributed by atoms with Crippen LogP contribution in [-0.2, 0) is 5.75 Å². The molecule has 0 saturated carbocycles. The summed E-state index contributed by atoms with van der Waals surface area (Å²) in [5, 5.41) is 6.68. The van der Waals surface area contributed by atoms with Crippen molar-refractivity contribution in [3.8, 4) is 0 Å². The molecule has 1 aromatic rings. The molecule has 0 radical (unpaired) electrons. The van der Waals surface area contributed by atoms with Crippen molar-refractivity contribution in [3.63, 3.8) is 0 Å². The van der Waals surface area contributed by atoms with Crippen molar-refractivity contribution in [3.05, 3.63) is 16.6 Å². The Morgan fingerprint density at radius 1 is 1.71 bits per heavy atom. The highest BCUT2D eigenvalue weighted by Crippen LogP contribution is 2.14. The van der Waals surface area contributed by atoms with Crippen molar-refractivity contribution < 1.29 is 0 Å². The van der Waals surface area contributed by atoms with Crippen molar-refractivity contribution in [2.45, 2.75) is 5.75 Å². The molecule has 1 rings (SSSR count). The zero-order chi connectivity index (χ0) is 10.2. The summed E-state index contributed by atoms with van der Waals surface area (Å²) in [6.07, 6.45) is 1.92. The van der Waals surface area contributed by atoms with Crippen LogP contribution >= 0.6 is 35.3 Å². The smallest absolute Gasteiger partial charge is 0.166 e. The van der Waals surface area contributed by atoms with Gasteiger partial charge in [-0.2, -0.15) is 11.8 Å². The van der Waals surface area contributed by atoms with Gasteiger partial charge in [-0.3, -0.25) is 4.98 Å². The van der Waals surface area contributed by atoms with Gasteiger partial charge >= 0.3 is 0 Å². The van der Waals surface area contributed by atoms with Crippen LogP contribution in [0.3, 0.4) is 0 Å². The summed E-state index contributed by atoms with van der Waals surface area (Å²) in [6.45, 7) is 0.906. The molecule has 6 heteroatoms. The van der Waals surface area contributed by atoms with E-state index in [1.165, 1.54) is 4.88 Å². The molecule has 0 bridgehead atoms. The monoisotopic (exact) mass is 247 g/mol. The van der Waals surface area contributed by atoms with Crippen molar-refractivity contribution in [2.24, 2.45) is 0 Å². The van der Waals surface area contributed by atoms with Gasteiger partial charge in [0.05, 0.1) is 5.51 Å². The Bertz CT molecular complexity index is 261. The third-order valence-electron chi connectivity index (χ3n) is 1.49. The average molecular weight is 247 g/mol. The Hall–Kier alpha value is -0.330. The molecule has 0 aliphatic rings. The molecule has 1 heterocycles. The third-order valence-corrected chi connectivity index (χ3v) is 3.81. The van der Waals surface area contributed by atoms with E-state index in [0.29, 0.717) is 5.11 Å². The van der Waals surface area contributed by atoms with Gasteiger partial charge in [0.25, 0.3) is 0 Å². The molecule has 14 heavy (non-hydrogen) atoms. The molecule has 0 fully saturated rings. The van der Waals surface area contributed by atoms with E-state index < -0.39 is 0 Å². The zero-order valence-electron chi connectivity index (χ0n) is 7.95. The number of nitrogens with zero attached hydrogens (tertiary/aromatic N) is 1. The molecule has 0 amide bonds. The number of thiocarbonyl (C=S) groups is 1. The fourth-order valence-corrected chi connectivity index (χ4v) is 2.48. The van der Waals surface area contributed by atoms with Crippen LogP contribution in [0.1, 0.15) is 4.88 Å². The van der Waals surface area contributed by atoms with E-state index in [1.807, 2.05) is 30.5 Å². The number of thioether (sulfide) groups is 1. The Balaban J connectivity index is 1.97. The molecule has 2 N–H and O–H groups in total. The maximum atomic E-state index is 4.95. The van der Waals surface area contributed by atoms with Crippen molar-refractivity contribution in [2.75, 3.05) is 19.3 Å². The number of rotatable bonds is 5. The van der Waals surface area contributed by atoms with Gasteiger partial charge in [-0.05, 0) is 12.2 Å². The Labute approximate surface area is 97.7 Å². The first-order chi connectivity index (χ1) is 6.83. The summed E-state index contributed by atoms with van der Waals surface area (Å²) in [4.78, 5) is 5.35. The van der Waals surface area contributed by atoms with Crippen LogP contribution in [0.15, 0.2) is 11.7 Å². The second-order valence-electron chi connectivity index (χ2n) is 2.53. The number of nitrogens with one attached hydrogen (secondary N) is 2. The molecular formula is C8H13N3S3. The fourth-order valence-electron chi connectivity index (χ4n) is 0.811. The zero-order valence-corrected chi connectivity index (χ0v) is 10.4. The lowest BCUT2D eigenvalue weighted by Gasteiger charge is -2.05. The normalized spacial score (nSPS) is 9.79. The lowest BCUT2D eigenvalue weighted by Crippen LogP contribution is -2.33. The maximum absolute atomic E-state index is 4.95. The van der Waals surface area contributed by atoms with Gasteiger partial charge in [0, 0.05) is 36.2 Å². The highest BCUT2D eigenvalue weighted by Gasteiger charge is 1.95. The van der Waals surface area contributed by atoms with E-state index in [9.17, 15) is 0 Å². The summed E-state index contributed by atoms with van der Waals surface area (Å²) >= 11 is 8.53. The standard InChI is InChI=1S/C8H13N3S3/c1-9-8(12)11-2-3-13-5-7-4-10-6-14-7/h4,6H,2-3,5H2,1H3,(H2,9,11,12). The quantitative estimate of drug-likeness (QED) is 0.609. The maximum Gasteiger partial charge on any atom is 0.166 e.